The van der Waals surface area contributed by atoms with Crippen LogP contribution in [0, 0.1) is 21.3 Å². The number of hydrogen-bond acceptors (Lipinski definition) is 4. The zero-order valence-electron chi connectivity index (χ0n) is 9.86. The Balaban J connectivity index is 1.94. The fourth-order valence-corrected chi connectivity index (χ4v) is 1.88. The maximum Gasteiger partial charge on any atom is 0.272 e. The molecule has 2 N–H and O–H groups in total. The van der Waals surface area contributed by atoms with Crippen molar-refractivity contribution in [2.75, 3.05) is 13.2 Å². The lowest BCUT2D eigenvalue weighted by atomic mass is 10.1. The lowest BCUT2D eigenvalue weighted by Crippen LogP contribution is -2.26. The van der Waals surface area contributed by atoms with Crippen LogP contribution in [0.1, 0.15) is 18.4 Å². The van der Waals surface area contributed by atoms with Gasteiger partial charge >= 0.3 is 0 Å². The molecule has 0 saturated heterocycles. The van der Waals surface area contributed by atoms with Crippen molar-refractivity contribution < 1.29 is 14.4 Å². The van der Waals surface area contributed by atoms with Crippen molar-refractivity contribution in [1.82, 2.24) is 5.32 Å². The Labute approximate surface area is 104 Å². The van der Waals surface area contributed by atoms with E-state index in [9.17, 15) is 14.5 Å². The summed E-state index contributed by atoms with van der Waals surface area (Å²) in [6.07, 6.45) is 1.97. The number of non-ortho nitro benzene ring substituents is 1. The van der Waals surface area contributed by atoms with Gasteiger partial charge in [0, 0.05) is 31.2 Å². The zero-order valence-corrected chi connectivity index (χ0v) is 9.86. The standard InChI is InChI=1S/C12H15FN2O3/c13-10-3-9(4-11(5-10)15(17)18)6-14-7-12(8-16)1-2-12/h3-5,14,16H,1-2,6-8H2. The van der Waals surface area contributed by atoms with Gasteiger partial charge in [0.15, 0.2) is 0 Å². The molecule has 1 aromatic carbocycles. The molecule has 0 atom stereocenters. The van der Waals surface area contributed by atoms with Gasteiger partial charge in [0.1, 0.15) is 5.82 Å². The molecule has 1 aromatic rings. The third-order valence-corrected chi connectivity index (χ3v) is 3.27. The third kappa shape index (κ3) is 3.02. The molecule has 5 nitrogen and oxygen atoms in total. The van der Waals surface area contributed by atoms with Crippen LogP contribution >= 0.6 is 0 Å². The minimum atomic E-state index is -0.608. The molecule has 1 fully saturated rings. The average Bonchev–Trinajstić information content (AvgIpc) is 3.09. The van der Waals surface area contributed by atoms with E-state index in [-0.39, 0.29) is 17.7 Å². The number of aliphatic hydroxyl groups excluding tert-OH is 1. The molecule has 1 aliphatic rings. The summed E-state index contributed by atoms with van der Waals surface area (Å²) in [7, 11) is 0. The first kappa shape index (κ1) is 12.9. The van der Waals surface area contributed by atoms with Gasteiger partial charge in [0.05, 0.1) is 11.0 Å². The van der Waals surface area contributed by atoms with Crippen molar-refractivity contribution in [3.8, 4) is 0 Å². The summed E-state index contributed by atoms with van der Waals surface area (Å²) < 4.78 is 13.2. The number of nitro benzene ring substituents is 1. The van der Waals surface area contributed by atoms with Gasteiger partial charge in [0.25, 0.3) is 5.69 Å². The van der Waals surface area contributed by atoms with E-state index >= 15 is 0 Å². The van der Waals surface area contributed by atoms with Crippen molar-refractivity contribution in [2.24, 2.45) is 5.41 Å². The number of halogens is 1. The summed E-state index contributed by atoms with van der Waals surface area (Å²) in [5.74, 6) is -0.607. The largest absolute Gasteiger partial charge is 0.396 e. The zero-order chi connectivity index (χ0) is 13.2. The van der Waals surface area contributed by atoms with E-state index in [4.69, 9.17) is 5.11 Å². The number of nitro groups is 1. The van der Waals surface area contributed by atoms with Crippen LogP contribution in [-0.2, 0) is 6.54 Å². The summed E-state index contributed by atoms with van der Waals surface area (Å²) in [6.45, 7) is 1.15. The third-order valence-electron chi connectivity index (χ3n) is 3.27. The molecule has 0 amide bonds. The topological polar surface area (TPSA) is 75.4 Å². The van der Waals surface area contributed by atoms with Gasteiger partial charge in [0.2, 0.25) is 0 Å². The minimum absolute atomic E-state index is 0.0285. The smallest absolute Gasteiger partial charge is 0.272 e. The van der Waals surface area contributed by atoms with Gasteiger partial charge in [-0.2, -0.15) is 0 Å². The maximum atomic E-state index is 13.2. The van der Waals surface area contributed by atoms with Gasteiger partial charge in [-0.1, -0.05) is 0 Å². The molecule has 0 aliphatic heterocycles. The van der Waals surface area contributed by atoms with Gasteiger partial charge < -0.3 is 10.4 Å². The highest BCUT2D eigenvalue weighted by Gasteiger charge is 2.41. The SMILES string of the molecule is O=[N+]([O-])c1cc(F)cc(CNCC2(CO)CC2)c1. The molecule has 0 heterocycles. The summed E-state index contributed by atoms with van der Waals surface area (Å²) in [5.41, 5.74) is 0.268. The number of nitrogens with zero attached hydrogens (tertiary/aromatic N) is 1. The van der Waals surface area contributed by atoms with Crippen LogP contribution in [0.3, 0.4) is 0 Å². The van der Waals surface area contributed by atoms with Crippen molar-refractivity contribution in [1.29, 1.82) is 0 Å². The molecule has 2 rings (SSSR count). The molecule has 0 unspecified atom stereocenters. The van der Waals surface area contributed by atoms with Crippen molar-refractivity contribution >= 4 is 5.69 Å². The Hall–Kier alpha value is -1.53. The average molecular weight is 254 g/mol. The normalized spacial score (nSPS) is 16.6. The van der Waals surface area contributed by atoms with Crippen molar-refractivity contribution in [3.63, 3.8) is 0 Å². The van der Waals surface area contributed by atoms with Crippen molar-refractivity contribution in [2.45, 2.75) is 19.4 Å². The molecule has 0 bridgehead atoms. The van der Waals surface area contributed by atoms with Gasteiger partial charge in [-0.3, -0.25) is 10.1 Å². The van der Waals surface area contributed by atoms with Crippen LogP contribution in [0.2, 0.25) is 0 Å². The first-order chi connectivity index (χ1) is 8.54. The monoisotopic (exact) mass is 254 g/mol. The number of rotatable bonds is 6. The van der Waals surface area contributed by atoms with Crippen molar-refractivity contribution in [3.05, 3.63) is 39.7 Å². The Morgan fingerprint density at radius 3 is 2.72 bits per heavy atom. The number of hydrogen-bond donors (Lipinski definition) is 2. The van der Waals surface area contributed by atoms with Crippen LogP contribution in [0.15, 0.2) is 18.2 Å². The Morgan fingerprint density at radius 2 is 2.17 bits per heavy atom. The predicted molar refractivity (Wildman–Crippen MR) is 63.5 cm³/mol. The Bertz CT molecular complexity index is 461. The number of aliphatic hydroxyl groups is 1. The van der Waals surface area contributed by atoms with E-state index in [0.717, 1.165) is 18.9 Å². The molecule has 6 heteroatoms. The molecule has 1 saturated carbocycles. The highest BCUT2D eigenvalue weighted by Crippen LogP contribution is 2.44. The molecule has 1 aliphatic carbocycles. The Kier molecular flexibility index (Phi) is 3.58. The highest BCUT2D eigenvalue weighted by molar-refractivity contribution is 5.35. The molecule has 98 valence electrons. The molecular formula is C12H15FN2O3. The second kappa shape index (κ2) is 4.99. The second-order valence-electron chi connectivity index (χ2n) is 4.84. The summed E-state index contributed by atoms with van der Waals surface area (Å²) in [5, 5.41) is 22.8. The first-order valence-electron chi connectivity index (χ1n) is 5.80. The summed E-state index contributed by atoms with van der Waals surface area (Å²) in [4.78, 5) is 9.97. The van der Waals surface area contributed by atoms with Crippen LogP contribution < -0.4 is 5.32 Å². The molecule has 18 heavy (non-hydrogen) atoms. The van der Waals surface area contributed by atoms with E-state index in [2.05, 4.69) is 5.32 Å². The van der Waals surface area contributed by atoms with E-state index in [1.165, 1.54) is 12.1 Å². The highest BCUT2D eigenvalue weighted by atomic mass is 19.1. The molecule has 0 aromatic heterocycles. The fraction of sp³-hybridized carbons (Fsp3) is 0.500. The lowest BCUT2D eigenvalue weighted by molar-refractivity contribution is -0.385. The van der Waals surface area contributed by atoms with Crippen LogP contribution in [0.5, 0.6) is 0 Å². The van der Waals surface area contributed by atoms with E-state index < -0.39 is 10.7 Å². The Morgan fingerprint density at radius 1 is 1.44 bits per heavy atom. The van der Waals surface area contributed by atoms with E-state index in [1.807, 2.05) is 0 Å². The fourth-order valence-electron chi connectivity index (χ4n) is 1.88. The summed E-state index contributed by atoms with van der Waals surface area (Å²) >= 11 is 0. The van der Waals surface area contributed by atoms with Gasteiger partial charge in [-0.05, 0) is 24.5 Å². The summed E-state index contributed by atoms with van der Waals surface area (Å²) in [6, 6.07) is 3.53. The van der Waals surface area contributed by atoms with Crippen LogP contribution in [0.4, 0.5) is 10.1 Å². The van der Waals surface area contributed by atoms with Crippen LogP contribution in [-0.4, -0.2) is 23.2 Å². The second-order valence-corrected chi connectivity index (χ2v) is 4.84. The minimum Gasteiger partial charge on any atom is -0.396 e. The van der Waals surface area contributed by atoms with Gasteiger partial charge in [-0.25, -0.2) is 4.39 Å². The number of benzene rings is 1. The first-order valence-corrected chi connectivity index (χ1v) is 5.80. The molecule has 0 radical (unpaired) electrons. The van der Waals surface area contributed by atoms with Crippen LogP contribution in [0.25, 0.3) is 0 Å². The molecular weight excluding hydrogens is 239 g/mol. The van der Waals surface area contributed by atoms with E-state index in [1.54, 1.807) is 0 Å². The quantitative estimate of drug-likeness (QED) is 0.597. The van der Waals surface area contributed by atoms with Gasteiger partial charge in [-0.15, -0.1) is 0 Å². The predicted octanol–water partition coefficient (Wildman–Crippen LogP) is 1.60. The molecule has 0 spiro atoms. The lowest BCUT2D eigenvalue weighted by Gasteiger charge is -2.12. The number of nitrogens with one attached hydrogen (secondary N) is 1. The maximum absolute atomic E-state index is 13.2. The van der Waals surface area contributed by atoms with E-state index in [0.29, 0.717) is 18.7 Å².